The van der Waals surface area contributed by atoms with Crippen molar-refractivity contribution >= 4 is 28.1 Å². The summed E-state index contributed by atoms with van der Waals surface area (Å²) in [6, 6.07) is 20.8. The molecule has 0 aliphatic rings. The van der Waals surface area contributed by atoms with Crippen LogP contribution in [0.1, 0.15) is 10.4 Å². The molecule has 28 heavy (non-hydrogen) atoms. The normalized spacial score (nSPS) is 10.6. The number of nitrogens with zero attached hydrogens (tertiary/aromatic N) is 2. The summed E-state index contributed by atoms with van der Waals surface area (Å²) in [5.41, 5.74) is 0.344. The van der Waals surface area contributed by atoms with Crippen molar-refractivity contribution in [2.24, 2.45) is 0 Å². The summed E-state index contributed by atoms with van der Waals surface area (Å²) in [5.74, 6) is -0.0752. The van der Waals surface area contributed by atoms with Crippen LogP contribution in [0, 0.1) is 20.2 Å². The third kappa shape index (κ3) is 4.41. The van der Waals surface area contributed by atoms with Crippen LogP contribution in [0.3, 0.4) is 0 Å². The Balaban J connectivity index is 2.05. The molecule has 0 radical (unpaired) electrons. The van der Waals surface area contributed by atoms with Crippen molar-refractivity contribution in [3.8, 4) is 0 Å². The van der Waals surface area contributed by atoms with Crippen molar-refractivity contribution in [2.45, 2.75) is 9.79 Å². The van der Waals surface area contributed by atoms with E-state index in [9.17, 15) is 25.0 Å². The molecule has 3 aromatic carbocycles. The summed E-state index contributed by atoms with van der Waals surface area (Å²) in [6.07, 6.45) is 0. The lowest BCUT2D eigenvalue weighted by Crippen LogP contribution is -2.18. The van der Waals surface area contributed by atoms with E-state index in [1.807, 2.05) is 0 Å². The van der Waals surface area contributed by atoms with E-state index < -0.39 is 20.7 Å². The van der Waals surface area contributed by atoms with E-state index in [1.165, 1.54) is 24.3 Å². The van der Waals surface area contributed by atoms with Gasteiger partial charge in [-0.05, 0) is 12.1 Å². The summed E-state index contributed by atoms with van der Waals surface area (Å²) >= 11 is 0. The molecule has 0 saturated heterocycles. The molecule has 0 saturated carbocycles. The number of nitro benzene ring substituents is 2. The number of hydrogen-bond donors (Lipinski definition) is 0. The van der Waals surface area contributed by atoms with Gasteiger partial charge in [-0.3, -0.25) is 25.0 Å². The van der Waals surface area contributed by atoms with Gasteiger partial charge < -0.3 is 0 Å². The van der Waals surface area contributed by atoms with Gasteiger partial charge in [0.15, 0.2) is 15.5 Å². The molecule has 3 aromatic rings. The Bertz CT molecular complexity index is 982. The van der Waals surface area contributed by atoms with Gasteiger partial charge in [0.2, 0.25) is 5.78 Å². The van der Waals surface area contributed by atoms with Crippen LogP contribution < -0.4 is 0 Å². The number of non-ortho nitro benzene ring substituents is 2. The molecular weight excluding hydrogens is 380 g/mol. The molecule has 0 aliphatic carbocycles. The Morgan fingerprint density at radius 2 is 1.25 bits per heavy atom. The lowest BCUT2D eigenvalue weighted by atomic mass is 10.2. The highest BCUT2D eigenvalue weighted by atomic mass is 32.2. The maximum atomic E-state index is 12.8. The van der Waals surface area contributed by atoms with Gasteiger partial charge in [0, 0.05) is 17.7 Å². The van der Waals surface area contributed by atoms with Crippen molar-refractivity contribution in [2.75, 3.05) is 5.75 Å². The molecule has 0 aromatic heterocycles. The van der Waals surface area contributed by atoms with E-state index in [0.29, 0.717) is 15.4 Å². The van der Waals surface area contributed by atoms with Gasteiger partial charge in [0.1, 0.15) is 0 Å². The molecule has 3 rings (SSSR count). The van der Waals surface area contributed by atoms with Crippen LogP contribution in [-0.2, 0) is 10.9 Å². The van der Waals surface area contributed by atoms with Crippen LogP contribution in [0.15, 0.2) is 88.7 Å². The molecule has 140 valence electrons. The zero-order valence-corrected chi connectivity index (χ0v) is 15.4. The fourth-order valence-corrected chi connectivity index (χ4v) is 4.69. The SMILES string of the molecule is O=C(C[S+](c1cccc([N+](=O)[O-])c1)c1cccc([N+](=O)[O-])c1)c1ccccc1. The Morgan fingerprint density at radius 3 is 1.71 bits per heavy atom. The highest BCUT2D eigenvalue weighted by molar-refractivity contribution is 7.97. The van der Waals surface area contributed by atoms with E-state index >= 15 is 0 Å². The summed E-state index contributed by atoms with van der Waals surface area (Å²) in [7, 11) is -0.894. The molecule has 0 amide bonds. The third-order valence-electron chi connectivity index (χ3n) is 4.00. The first kappa shape index (κ1) is 19.2. The predicted octanol–water partition coefficient (Wildman–Crippen LogP) is 4.42. The van der Waals surface area contributed by atoms with E-state index in [0.717, 1.165) is 0 Å². The van der Waals surface area contributed by atoms with Gasteiger partial charge in [0.25, 0.3) is 11.4 Å². The van der Waals surface area contributed by atoms with Crippen LogP contribution in [0.2, 0.25) is 0 Å². The second-order valence-electron chi connectivity index (χ2n) is 5.83. The van der Waals surface area contributed by atoms with E-state index in [-0.39, 0.29) is 22.9 Å². The molecule has 0 N–H and O–H groups in total. The lowest BCUT2D eigenvalue weighted by Gasteiger charge is -2.08. The van der Waals surface area contributed by atoms with Gasteiger partial charge in [-0.25, -0.2) is 0 Å². The average Bonchev–Trinajstić information content (AvgIpc) is 2.72. The molecular formula is C20H15N2O5S+. The smallest absolute Gasteiger partial charge is 0.274 e. The molecule has 0 fully saturated rings. The Labute approximate surface area is 163 Å². The van der Waals surface area contributed by atoms with Gasteiger partial charge in [0.05, 0.1) is 32.9 Å². The van der Waals surface area contributed by atoms with Crippen LogP contribution in [-0.4, -0.2) is 21.4 Å². The summed E-state index contributed by atoms with van der Waals surface area (Å²) in [6.45, 7) is 0. The van der Waals surface area contributed by atoms with Gasteiger partial charge >= 0.3 is 0 Å². The highest BCUT2D eigenvalue weighted by Crippen LogP contribution is 2.29. The first-order valence-corrected chi connectivity index (χ1v) is 9.63. The zero-order valence-electron chi connectivity index (χ0n) is 14.6. The minimum Gasteiger partial charge on any atom is -0.289 e. The molecule has 0 aliphatic heterocycles. The van der Waals surface area contributed by atoms with Crippen molar-refractivity contribution in [3.63, 3.8) is 0 Å². The van der Waals surface area contributed by atoms with Gasteiger partial charge in [-0.15, -0.1) is 0 Å². The predicted molar refractivity (Wildman–Crippen MR) is 106 cm³/mol. The molecule has 8 heteroatoms. The minimum absolute atomic E-state index is 0.0619. The molecule has 0 spiro atoms. The van der Waals surface area contributed by atoms with Crippen molar-refractivity contribution in [3.05, 3.63) is 105 Å². The van der Waals surface area contributed by atoms with E-state index in [2.05, 4.69) is 0 Å². The van der Waals surface area contributed by atoms with Crippen LogP contribution in [0.25, 0.3) is 0 Å². The average molecular weight is 395 g/mol. The largest absolute Gasteiger partial charge is 0.289 e. The molecule has 0 atom stereocenters. The maximum Gasteiger partial charge on any atom is 0.274 e. The zero-order chi connectivity index (χ0) is 20.1. The van der Waals surface area contributed by atoms with Crippen molar-refractivity contribution in [1.82, 2.24) is 0 Å². The van der Waals surface area contributed by atoms with Crippen molar-refractivity contribution in [1.29, 1.82) is 0 Å². The Morgan fingerprint density at radius 1 is 0.750 bits per heavy atom. The van der Waals surface area contributed by atoms with Gasteiger partial charge in [-0.1, -0.05) is 42.5 Å². The topological polar surface area (TPSA) is 103 Å². The second-order valence-corrected chi connectivity index (χ2v) is 7.85. The first-order valence-electron chi connectivity index (χ1n) is 8.24. The number of carbonyl (C=O) groups is 1. The number of Topliss-reactive ketones (excluding diaryl/α,β-unsaturated/α-hetero) is 1. The number of rotatable bonds is 7. The summed E-state index contributed by atoms with van der Waals surface area (Å²) in [4.78, 5) is 35.2. The van der Waals surface area contributed by atoms with Gasteiger partial charge in [-0.2, -0.15) is 0 Å². The van der Waals surface area contributed by atoms with E-state index in [4.69, 9.17) is 0 Å². The number of benzene rings is 3. The van der Waals surface area contributed by atoms with Crippen LogP contribution in [0.5, 0.6) is 0 Å². The maximum absolute atomic E-state index is 12.8. The summed E-state index contributed by atoms with van der Waals surface area (Å²) in [5, 5.41) is 22.3. The van der Waals surface area contributed by atoms with Crippen LogP contribution in [0.4, 0.5) is 11.4 Å². The molecule has 0 unspecified atom stereocenters. The van der Waals surface area contributed by atoms with Crippen LogP contribution >= 0.6 is 0 Å². The monoisotopic (exact) mass is 395 g/mol. The number of nitro groups is 2. The number of carbonyl (C=O) groups excluding carboxylic acids is 1. The van der Waals surface area contributed by atoms with E-state index in [1.54, 1.807) is 54.6 Å². The Kier molecular flexibility index (Phi) is 5.81. The summed E-state index contributed by atoms with van der Waals surface area (Å²) < 4.78 is 0. The minimum atomic E-state index is -0.894. The molecule has 0 bridgehead atoms. The number of ketones is 1. The lowest BCUT2D eigenvalue weighted by molar-refractivity contribution is -0.385. The fraction of sp³-hybridized carbons (Fsp3) is 0.0500. The fourth-order valence-electron chi connectivity index (χ4n) is 2.64. The standard InChI is InChI=1S/C20H15N2O5S/c23-20(15-6-2-1-3-7-15)14-28(18-10-4-8-16(12-18)21(24)25)19-11-5-9-17(13-19)22(26)27/h1-13H,14H2/q+1. The first-order chi connectivity index (χ1) is 13.5. The molecule has 7 nitrogen and oxygen atoms in total. The molecule has 0 heterocycles. The third-order valence-corrected chi connectivity index (χ3v) is 6.19. The Hall–Kier alpha value is -3.52. The second kappa shape index (κ2) is 8.45. The highest BCUT2D eigenvalue weighted by Gasteiger charge is 2.32. The number of hydrogen-bond acceptors (Lipinski definition) is 5. The van der Waals surface area contributed by atoms with Crippen molar-refractivity contribution < 1.29 is 14.6 Å². The quantitative estimate of drug-likeness (QED) is 0.255.